The fourth-order valence-electron chi connectivity index (χ4n) is 2.87. The van der Waals surface area contributed by atoms with Crippen molar-refractivity contribution in [3.05, 3.63) is 82.6 Å². The van der Waals surface area contributed by atoms with Gasteiger partial charge in [0.05, 0.1) is 10.4 Å². The summed E-state index contributed by atoms with van der Waals surface area (Å²) in [6.45, 7) is 0. The van der Waals surface area contributed by atoms with Crippen molar-refractivity contribution >= 4 is 16.6 Å². The molecule has 0 bridgehead atoms. The third-order valence-corrected chi connectivity index (χ3v) is 3.97. The number of benzene rings is 2. The van der Waals surface area contributed by atoms with Gasteiger partial charge in [-0.1, -0.05) is 18.2 Å². The van der Waals surface area contributed by atoms with Crippen LogP contribution in [0.1, 0.15) is 11.4 Å². The van der Waals surface area contributed by atoms with Crippen molar-refractivity contribution in [3.63, 3.8) is 0 Å². The second-order valence-corrected chi connectivity index (χ2v) is 5.63. The van der Waals surface area contributed by atoms with E-state index in [1.54, 1.807) is 18.3 Å². The van der Waals surface area contributed by atoms with Crippen LogP contribution in [0, 0.1) is 10.1 Å². The maximum Gasteiger partial charge on any atom is 0.270 e. The van der Waals surface area contributed by atoms with Crippen molar-refractivity contribution in [2.45, 2.75) is 6.42 Å². The second-order valence-electron chi connectivity index (χ2n) is 5.63. The van der Waals surface area contributed by atoms with Crippen LogP contribution in [0.5, 0.6) is 0 Å². The van der Waals surface area contributed by atoms with Gasteiger partial charge in [-0.15, -0.1) is 0 Å². The number of nitrogens with zero attached hydrogens (tertiary/aromatic N) is 4. The summed E-state index contributed by atoms with van der Waals surface area (Å²) in [7, 11) is 0. The number of rotatable bonds is 4. The van der Waals surface area contributed by atoms with E-state index in [0.29, 0.717) is 6.42 Å². The molecule has 0 saturated carbocycles. The Hall–Kier alpha value is -3.61. The molecule has 0 spiro atoms. The Balaban J connectivity index is 1.89. The summed E-state index contributed by atoms with van der Waals surface area (Å²) in [4.78, 5) is 19.3. The molecule has 7 nitrogen and oxygen atoms in total. The third-order valence-electron chi connectivity index (χ3n) is 3.97. The topological polar surface area (TPSA) is 97.6 Å². The lowest BCUT2D eigenvalue weighted by Crippen LogP contribution is -1.95. The van der Waals surface area contributed by atoms with Crippen LogP contribution in [0.25, 0.3) is 22.0 Å². The number of nitro benzene ring substituents is 1. The smallest absolute Gasteiger partial charge is 0.263 e. The van der Waals surface area contributed by atoms with Crippen LogP contribution in [-0.2, 0) is 6.42 Å². The van der Waals surface area contributed by atoms with Gasteiger partial charge in [0.15, 0.2) is 0 Å². The zero-order valence-electron chi connectivity index (χ0n) is 13.1. The molecule has 0 radical (unpaired) electrons. The molecular formula is C18H13N5O2. The predicted octanol–water partition coefficient (Wildman–Crippen LogP) is 3.52. The first kappa shape index (κ1) is 14.9. The number of fused-ring (bicyclic) bond motifs is 1. The highest BCUT2D eigenvalue weighted by atomic mass is 16.6. The Morgan fingerprint density at radius 2 is 2.00 bits per heavy atom. The molecule has 122 valence electrons. The van der Waals surface area contributed by atoms with Gasteiger partial charge in [-0.3, -0.25) is 20.2 Å². The number of hydrogen-bond acceptors (Lipinski definition) is 5. The normalized spacial score (nSPS) is 10.9. The molecule has 0 saturated heterocycles. The van der Waals surface area contributed by atoms with E-state index in [1.807, 2.05) is 30.3 Å². The first-order valence-electron chi connectivity index (χ1n) is 7.67. The Kier molecular flexibility index (Phi) is 3.66. The van der Waals surface area contributed by atoms with Crippen molar-refractivity contribution in [2.24, 2.45) is 0 Å². The summed E-state index contributed by atoms with van der Waals surface area (Å²) in [5.41, 5.74) is 3.51. The van der Waals surface area contributed by atoms with Gasteiger partial charge in [0.2, 0.25) is 0 Å². The van der Waals surface area contributed by atoms with Crippen molar-refractivity contribution in [2.75, 3.05) is 0 Å². The van der Waals surface area contributed by atoms with Crippen LogP contribution < -0.4 is 0 Å². The summed E-state index contributed by atoms with van der Waals surface area (Å²) >= 11 is 0. The maximum atomic E-state index is 11.1. The fourth-order valence-corrected chi connectivity index (χ4v) is 2.87. The molecule has 4 aromatic rings. The predicted molar refractivity (Wildman–Crippen MR) is 93.0 cm³/mol. The van der Waals surface area contributed by atoms with E-state index >= 15 is 0 Å². The molecule has 0 amide bonds. The average Bonchev–Trinajstić information content (AvgIpc) is 3.14. The highest BCUT2D eigenvalue weighted by molar-refractivity contribution is 5.94. The number of aromatic amines is 1. The van der Waals surface area contributed by atoms with E-state index in [-0.39, 0.29) is 5.69 Å². The van der Waals surface area contributed by atoms with Gasteiger partial charge in [0, 0.05) is 35.7 Å². The van der Waals surface area contributed by atoms with E-state index in [0.717, 1.165) is 33.4 Å². The Bertz CT molecular complexity index is 1060. The van der Waals surface area contributed by atoms with Crippen molar-refractivity contribution in [3.8, 4) is 11.1 Å². The van der Waals surface area contributed by atoms with Crippen LogP contribution in [0.3, 0.4) is 0 Å². The fraction of sp³-hybridized carbons (Fsp3) is 0.0556. The maximum absolute atomic E-state index is 11.1. The number of nitrogens with one attached hydrogen (secondary N) is 1. The third kappa shape index (κ3) is 2.94. The molecule has 1 N–H and O–H groups in total. The number of pyridine rings is 1. The van der Waals surface area contributed by atoms with Crippen LogP contribution in [0.15, 0.2) is 61.1 Å². The first-order chi connectivity index (χ1) is 12.2. The SMILES string of the molecule is O=[N+]([O-])c1cccc(-c2cc(Cc3ncn[nH]3)cc3cccnc23)c1. The highest BCUT2D eigenvalue weighted by Gasteiger charge is 2.12. The van der Waals surface area contributed by atoms with Gasteiger partial charge in [-0.25, -0.2) is 4.98 Å². The molecule has 0 fully saturated rings. The summed E-state index contributed by atoms with van der Waals surface area (Å²) in [6, 6.07) is 14.5. The molecule has 25 heavy (non-hydrogen) atoms. The lowest BCUT2D eigenvalue weighted by Gasteiger charge is -2.09. The average molecular weight is 331 g/mol. The minimum Gasteiger partial charge on any atom is -0.263 e. The number of non-ortho nitro benzene ring substituents is 1. The van der Waals surface area contributed by atoms with E-state index in [9.17, 15) is 10.1 Å². The molecule has 0 aliphatic carbocycles. The Morgan fingerprint density at radius 1 is 1.08 bits per heavy atom. The van der Waals surface area contributed by atoms with Crippen molar-refractivity contribution in [1.82, 2.24) is 20.2 Å². The number of aromatic nitrogens is 4. The van der Waals surface area contributed by atoms with Crippen molar-refractivity contribution in [1.29, 1.82) is 0 Å². The van der Waals surface area contributed by atoms with E-state index in [2.05, 4.69) is 20.2 Å². The van der Waals surface area contributed by atoms with E-state index in [4.69, 9.17) is 0 Å². The van der Waals surface area contributed by atoms with Gasteiger partial charge in [-0.2, -0.15) is 5.10 Å². The van der Waals surface area contributed by atoms with Crippen LogP contribution >= 0.6 is 0 Å². The van der Waals surface area contributed by atoms with Crippen LogP contribution in [0.2, 0.25) is 0 Å². The Labute approximate surface area is 142 Å². The van der Waals surface area contributed by atoms with Gasteiger partial charge in [-0.05, 0) is 29.3 Å². The molecule has 7 heteroatoms. The first-order valence-corrected chi connectivity index (χ1v) is 7.67. The monoisotopic (exact) mass is 331 g/mol. The molecule has 0 aliphatic heterocycles. The quantitative estimate of drug-likeness (QED) is 0.456. The lowest BCUT2D eigenvalue weighted by atomic mass is 9.97. The molecule has 2 aromatic heterocycles. The van der Waals surface area contributed by atoms with Gasteiger partial charge >= 0.3 is 0 Å². The minimum absolute atomic E-state index is 0.0576. The summed E-state index contributed by atoms with van der Waals surface area (Å²) < 4.78 is 0. The van der Waals surface area contributed by atoms with Gasteiger partial charge in [0.1, 0.15) is 12.2 Å². The summed E-state index contributed by atoms with van der Waals surface area (Å²) in [6.07, 6.45) is 3.78. The van der Waals surface area contributed by atoms with E-state index < -0.39 is 4.92 Å². The number of hydrogen-bond donors (Lipinski definition) is 1. The molecule has 2 heterocycles. The van der Waals surface area contributed by atoms with Crippen LogP contribution in [-0.4, -0.2) is 25.1 Å². The molecule has 2 aromatic carbocycles. The van der Waals surface area contributed by atoms with E-state index in [1.165, 1.54) is 12.4 Å². The zero-order chi connectivity index (χ0) is 17.2. The van der Waals surface area contributed by atoms with Crippen LogP contribution in [0.4, 0.5) is 5.69 Å². The summed E-state index contributed by atoms with van der Waals surface area (Å²) in [5, 5.41) is 18.8. The zero-order valence-corrected chi connectivity index (χ0v) is 13.1. The highest BCUT2D eigenvalue weighted by Crippen LogP contribution is 2.31. The van der Waals surface area contributed by atoms with Gasteiger partial charge in [0.25, 0.3) is 5.69 Å². The Morgan fingerprint density at radius 3 is 2.80 bits per heavy atom. The summed E-state index contributed by atoms with van der Waals surface area (Å²) in [5.74, 6) is 0.758. The lowest BCUT2D eigenvalue weighted by molar-refractivity contribution is -0.384. The largest absolute Gasteiger partial charge is 0.270 e. The minimum atomic E-state index is -0.391. The second kappa shape index (κ2) is 6.12. The molecule has 0 aliphatic rings. The van der Waals surface area contributed by atoms with Gasteiger partial charge < -0.3 is 0 Å². The van der Waals surface area contributed by atoms with Crippen molar-refractivity contribution < 1.29 is 4.92 Å². The molecular weight excluding hydrogens is 318 g/mol. The molecule has 0 atom stereocenters. The molecule has 4 rings (SSSR count). The standard InChI is InChI=1S/C18H13N5O2/c24-23(25)15-5-1-3-13(10-15)16-8-12(9-17-20-11-21-22-17)7-14-4-2-6-19-18(14)16/h1-8,10-11H,9H2,(H,20,21,22). The number of nitro groups is 1. The number of H-pyrrole nitrogens is 1. The molecule has 0 unspecified atom stereocenters.